The van der Waals surface area contributed by atoms with Crippen LogP contribution in [0, 0.1) is 0 Å². The first-order valence-electron chi connectivity index (χ1n) is 9.13. The summed E-state index contributed by atoms with van der Waals surface area (Å²) in [5.41, 5.74) is 0. The maximum Gasteiger partial charge on any atom is 0.328 e. The Kier molecular flexibility index (Phi) is 16.4. The van der Waals surface area contributed by atoms with E-state index < -0.39 is 5.97 Å². The average Bonchev–Trinajstić information content (AvgIpc) is 2.58. The van der Waals surface area contributed by atoms with Crippen molar-refractivity contribution in [3.63, 3.8) is 0 Å². The van der Waals surface area contributed by atoms with Crippen molar-refractivity contribution in [1.29, 1.82) is 0 Å². The van der Waals surface area contributed by atoms with Crippen molar-refractivity contribution in [3.8, 4) is 0 Å². The Hall–Kier alpha value is -2.29. The molecule has 2 N–H and O–H groups in total. The van der Waals surface area contributed by atoms with Gasteiger partial charge < -0.3 is 10.2 Å². The second-order valence-electron chi connectivity index (χ2n) is 5.76. The van der Waals surface area contributed by atoms with Gasteiger partial charge in [-0.25, -0.2) is 4.79 Å². The summed E-state index contributed by atoms with van der Waals surface area (Å²) in [7, 11) is 0. The van der Waals surface area contributed by atoms with Crippen molar-refractivity contribution in [2.24, 2.45) is 0 Å². The largest absolute Gasteiger partial charge is 0.508 e. The molecule has 0 aliphatic rings. The van der Waals surface area contributed by atoms with Crippen LogP contribution in [0.3, 0.4) is 0 Å². The van der Waals surface area contributed by atoms with Gasteiger partial charge in [-0.2, -0.15) is 0 Å². The highest BCUT2D eigenvalue weighted by atomic mass is 16.4. The highest BCUT2D eigenvalue weighted by Gasteiger charge is 1.88. The number of unbranched alkanes of at least 4 members (excludes halogenated alkanes) is 7. The molecule has 0 spiro atoms. The fourth-order valence-corrected chi connectivity index (χ4v) is 2.09. The lowest BCUT2D eigenvalue weighted by Crippen LogP contribution is -1.84. The number of aliphatic hydroxyl groups is 1. The molecule has 0 aromatic rings. The minimum absolute atomic E-state index is 0.142. The molecule has 0 rings (SSSR count). The second-order valence-corrected chi connectivity index (χ2v) is 5.76. The van der Waals surface area contributed by atoms with E-state index in [1.165, 1.54) is 57.1 Å². The molecule has 0 saturated heterocycles. The first kappa shape index (κ1) is 22.7. The predicted octanol–water partition coefficient (Wildman–Crippen LogP) is 6.43. The number of hydrogen-bond acceptors (Lipinski definition) is 2. The summed E-state index contributed by atoms with van der Waals surface area (Å²) in [5.74, 6) is -0.842. The number of carboxylic acid groups (broad SMARTS) is 1. The average molecular weight is 344 g/mol. The summed E-state index contributed by atoms with van der Waals surface area (Å²) < 4.78 is 0. The molecule has 138 valence electrons. The summed E-state index contributed by atoms with van der Waals surface area (Å²) >= 11 is 0. The number of aliphatic hydroxyl groups excluding tert-OH is 1. The van der Waals surface area contributed by atoms with Crippen LogP contribution in [-0.2, 0) is 4.79 Å². The molecule has 0 amide bonds. The summed E-state index contributed by atoms with van der Waals surface area (Å²) in [4.78, 5) is 10.2. The normalized spacial score (nSPS) is 13.4. The van der Waals surface area contributed by atoms with Crippen molar-refractivity contribution < 1.29 is 15.0 Å². The molecule has 0 aromatic carbocycles. The maximum atomic E-state index is 10.2. The smallest absolute Gasteiger partial charge is 0.328 e. The number of aliphatic carboxylic acids is 1. The molecule has 0 aliphatic carbocycles. The molecular weight excluding hydrogens is 312 g/mol. The van der Waals surface area contributed by atoms with Crippen LogP contribution in [0.2, 0.25) is 0 Å². The lowest BCUT2D eigenvalue weighted by Gasteiger charge is -1.98. The fourth-order valence-electron chi connectivity index (χ4n) is 2.09. The van der Waals surface area contributed by atoms with E-state index in [9.17, 15) is 9.90 Å². The molecular formula is C22H32O3. The van der Waals surface area contributed by atoms with Crippen molar-refractivity contribution in [1.82, 2.24) is 0 Å². The summed E-state index contributed by atoms with van der Waals surface area (Å²) in [6.45, 7) is 2.24. The molecule has 3 nitrogen and oxygen atoms in total. The van der Waals surface area contributed by atoms with Crippen LogP contribution in [0.25, 0.3) is 0 Å². The van der Waals surface area contributed by atoms with E-state index in [1.54, 1.807) is 30.4 Å². The van der Waals surface area contributed by atoms with Crippen molar-refractivity contribution in [2.45, 2.75) is 58.3 Å². The molecule has 0 radical (unpaired) electrons. The standard InChI is InChI=1S/C22H32O3/c1-2-3-4-5-6-7-8-9-10-11-12-15-18-21(23)19-16-13-14-17-20-22(24)25/h10-20,23H,2-9H2,1H3,(H,24,25). The van der Waals surface area contributed by atoms with Crippen LogP contribution >= 0.6 is 0 Å². The fraction of sp³-hybridized carbons (Fsp3) is 0.409. The van der Waals surface area contributed by atoms with Gasteiger partial charge in [-0.05, 0) is 25.0 Å². The van der Waals surface area contributed by atoms with E-state index in [-0.39, 0.29) is 5.76 Å². The Morgan fingerprint density at radius 3 is 2.00 bits per heavy atom. The van der Waals surface area contributed by atoms with Gasteiger partial charge in [0.1, 0.15) is 5.76 Å². The molecule has 0 bridgehead atoms. The van der Waals surface area contributed by atoms with Gasteiger partial charge in [0.25, 0.3) is 0 Å². The van der Waals surface area contributed by atoms with Crippen LogP contribution < -0.4 is 0 Å². The molecule has 0 heterocycles. The van der Waals surface area contributed by atoms with Crippen LogP contribution in [0.5, 0.6) is 0 Å². The highest BCUT2D eigenvalue weighted by Crippen LogP contribution is 2.08. The molecule has 0 aliphatic heterocycles. The lowest BCUT2D eigenvalue weighted by molar-refractivity contribution is -0.131. The minimum Gasteiger partial charge on any atom is -0.508 e. The molecule has 0 saturated carbocycles. The highest BCUT2D eigenvalue weighted by molar-refractivity contribution is 5.80. The monoisotopic (exact) mass is 344 g/mol. The van der Waals surface area contributed by atoms with Crippen LogP contribution in [0.4, 0.5) is 0 Å². The van der Waals surface area contributed by atoms with Crippen LogP contribution in [0.15, 0.2) is 72.6 Å². The van der Waals surface area contributed by atoms with Gasteiger partial charge in [0.15, 0.2) is 0 Å². The quantitative estimate of drug-likeness (QED) is 0.165. The minimum atomic E-state index is -0.985. The molecule has 0 aromatic heterocycles. The second kappa shape index (κ2) is 18.1. The number of hydrogen-bond donors (Lipinski definition) is 2. The van der Waals surface area contributed by atoms with Crippen LogP contribution in [0.1, 0.15) is 58.3 Å². The molecule has 0 fully saturated rings. The number of allylic oxidation sites excluding steroid dienone is 10. The SMILES string of the molecule is CCCCCCCCCC=CC=CC=C(O)C=CC=CC=CC(=O)O. The summed E-state index contributed by atoms with van der Waals surface area (Å²) in [6.07, 6.45) is 28.7. The zero-order valence-electron chi connectivity index (χ0n) is 15.3. The number of carboxylic acids is 1. The van der Waals surface area contributed by atoms with E-state index in [4.69, 9.17) is 5.11 Å². The zero-order valence-corrected chi connectivity index (χ0v) is 15.3. The number of rotatable bonds is 14. The van der Waals surface area contributed by atoms with E-state index in [0.717, 1.165) is 12.5 Å². The van der Waals surface area contributed by atoms with Crippen LogP contribution in [-0.4, -0.2) is 16.2 Å². The number of carbonyl (C=O) groups is 1. The van der Waals surface area contributed by atoms with Crippen molar-refractivity contribution in [3.05, 3.63) is 72.6 Å². The van der Waals surface area contributed by atoms with Gasteiger partial charge >= 0.3 is 5.97 Å². The predicted molar refractivity (Wildman–Crippen MR) is 107 cm³/mol. The Balaban J connectivity index is 3.79. The van der Waals surface area contributed by atoms with E-state index in [0.29, 0.717) is 0 Å². The van der Waals surface area contributed by atoms with E-state index >= 15 is 0 Å². The topological polar surface area (TPSA) is 57.5 Å². The van der Waals surface area contributed by atoms with Gasteiger partial charge in [-0.15, -0.1) is 0 Å². The van der Waals surface area contributed by atoms with E-state index in [1.807, 2.05) is 12.2 Å². The Morgan fingerprint density at radius 2 is 1.32 bits per heavy atom. The summed E-state index contributed by atoms with van der Waals surface area (Å²) in [5, 5.41) is 18.0. The maximum absolute atomic E-state index is 10.2. The summed E-state index contributed by atoms with van der Waals surface area (Å²) in [6, 6.07) is 0. The molecule has 3 heteroatoms. The van der Waals surface area contributed by atoms with Gasteiger partial charge in [-0.3, -0.25) is 0 Å². The van der Waals surface area contributed by atoms with Gasteiger partial charge in [0.2, 0.25) is 0 Å². The Morgan fingerprint density at radius 1 is 0.720 bits per heavy atom. The zero-order chi connectivity index (χ0) is 18.6. The molecule has 25 heavy (non-hydrogen) atoms. The Bertz CT molecular complexity index is 505. The first-order chi connectivity index (χ1) is 12.2. The van der Waals surface area contributed by atoms with Gasteiger partial charge in [0, 0.05) is 6.08 Å². The van der Waals surface area contributed by atoms with Crippen molar-refractivity contribution >= 4 is 5.97 Å². The third kappa shape index (κ3) is 19.7. The Labute approximate surface area is 152 Å². The lowest BCUT2D eigenvalue weighted by atomic mass is 10.1. The van der Waals surface area contributed by atoms with E-state index in [2.05, 4.69) is 13.0 Å². The van der Waals surface area contributed by atoms with Gasteiger partial charge in [0.05, 0.1) is 0 Å². The van der Waals surface area contributed by atoms with Gasteiger partial charge in [-0.1, -0.05) is 94.1 Å². The van der Waals surface area contributed by atoms with Crippen molar-refractivity contribution in [2.75, 3.05) is 0 Å². The molecule has 0 unspecified atom stereocenters. The third-order valence-electron chi connectivity index (χ3n) is 3.44. The third-order valence-corrected chi connectivity index (χ3v) is 3.44. The molecule has 0 atom stereocenters. The first-order valence-corrected chi connectivity index (χ1v) is 9.13.